The average Bonchev–Trinajstić information content (AvgIpc) is 2.89. The number of aliphatic carboxylic acids is 1. The minimum Gasteiger partial charge on any atom is -0.478 e. The van der Waals surface area contributed by atoms with Crippen LogP contribution in [0.4, 0.5) is 0 Å². The van der Waals surface area contributed by atoms with Crippen molar-refractivity contribution in [2.24, 2.45) is 0 Å². The molecule has 0 saturated heterocycles. The maximum absolute atomic E-state index is 10.6. The standard InChI is InChI=1S/C16H15BrN2O2/c17-12-9-11(6-8-16(20)21)5-7-14(12)19-10-18-13-3-1-2-4-15(13)19/h5-10H,1-4H2,(H,20,21)/b8-6+. The Morgan fingerprint density at radius 1 is 1.33 bits per heavy atom. The van der Waals surface area contributed by atoms with Crippen LogP contribution in [-0.2, 0) is 17.6 Å². The van der Waals surface area contributed by atoms with Crippen LogP contribution in [0.5, 0.6) is 0 Å². The molecule has 21 heavy (non-hydrogen) atoms. The van der Waals surface area contributed by atoms with Gasteiger partial charge in [-0.05, 0) is 65.4 Å². The third-order valence-electron chi connectivity index (χ3n) is 3.68. The first-order valence-electron chi connectivity index (χ1n) is 6.91. The Morgan fingerprint density at radius 2 is 2.14 bits per heavy atom. The summed E-state index contributed by atoms with van der Waals surface area (Å²) in [5.41, 5.74) is 4.37. The maximum Gasteiger partial charge on any atom is 0.328 e. The highest BCUT2D eigenvalue weighted by Crippen LogP contribution is 2.28. The lowest BCUT2D eigenvalue weighted by Gasteiger charge is -2.15. The fourth-order valence-corrected chi connectivity index (χ4v) is 3.25. The summed E-state index contributed by atoms with van der Waals surface area (Å²) in [5, 5.41) is 8.67. The first kappa shape index (κ1) is 14.1. The lowest BCUT2D eigenvalue weighted by atomic mass is 10.0. The largest absolute Gasteiger partial charge is 0.478 e. The quantitative estimate of drug-likeness (QED) is 0.863. The van der Waals surface area contributed by atoms with E-state index in [9.17, 15) is 4.79 Å². The van der Waals surface area contributed by atoms with Crippen molar-refractivity contribution < 1.29 is 9.90 Å². The second-order valence-electron chi connectivity index (χ2n) is 5.10. The Balaban J connectivity index is 1.96. The minimum absolute atomic E-state index is 0.849. The highest BCUT2D eigenvalue weighted by Gasteiger charge is 2.17. The van der Waals surface area contributed by atoms with Gasteiger partial charge < -0.3 is 9.67 Å². The number of rotatable bonds is 3. The number of fused-ring (bicyclic) bond motifs is 1. The molecule has 3 rings (SSSR count). The summed E-state index contributed by atoms with van der Waals surface area (Å²) < 4.78 is 3.06. The van der Waals surface area contributed by atoms with Gasteiger partial charge in [-0.3, -0.25) is 0 Å². The number of carboxylic acid groups (broad SMARTS) is 1. The molecule has 0 aliphatic heterocycles. The number of carboxylic acids is 1. The van der Waals surface area contributed by atoms with E-state index in [-0.39, 0.29) is 0 Å². The van der Waals surface area contributed by atoms with Gasteiger partial charge in [-0.2, -0.15) is 0 Å². The molecule has 1 aliphatic carbocycles. The van der Waals surface area contributed by atoms with E-state index < -0.39 is 5.97 Å². The van der Waals surface area contributed by atoms with Gasteiger partial charge in [-0.25, -0.2) is 9.78 Å². The molecule has 1 N–H and O–H groups in total. The molecule has 0 radical (unpaired) electrons. The molecule has 108 valence electrons. The van der Waals surface area contributed by atoms with E-state index in [1.54, 1.807) is 6.08 Å². The molecule has 0 fully saturated rings. The number of hydrogen-bond acceptors (Lipinski definition) is 2. The molecular weight excluding hydrogens is 332 g/mol. The third-order valence-corrected chi connectivity index (χ3v) is 4.31. The molecule has 0 unspecified atom stereocenters. The Kier molecular flexibility index (Phi) is 3.92. The number of carbonyl (C=O) groups is 1. The van der Waals surface area contributed by atoms with E-state index in [0.717, 1.165) is 34.6 Å². The van der Waals surface area contributed by atoms with Crippen LogP contribution < -0.4 is 0 Å². The summed E-state index contributed by atoms with van der Waals surface area (Å²) in [5.74, 6) is -0.945. The first-order valence-corrected chi connectivity index (χ1v) is 7.70. The minimum atomic E-state index is -0.945. The lowest BCUT2D eigenvalue weighted by molar-refractivity contribution is -0.131. The number of benzene rings is 1. The van der Waals surface area contributed by atoms with Crippen molar-refractivity contribution in [1.82, 2.24) is 9.55 Å². The maximum atomic E-state index is 10.6. The van der Waals surface area contributed by atoms with Gasteiger partial charge in [-0.15, -0.1) is 0 Å². The van der Waals surface area contributed by atoms with E-state index in [0.29, 0.717) is 0 Å². The van der Waals surface area contributed by atoms with Gasteiger partial charge in [0.2, 0.25) is 0 Å². The monoisotopic (exact) mass is 346 g/mol. The molecular formula is C16H15BrN2O2. The number of aromatic nitrogens is 2. The Hall–Kier alpha value is -1.88. The van der Waals surface area contributed by atoms with Gasteiger partial charge in [-0.1, -0.05) is 6.07 Å². The topological polar surface area (TPSA) is 55.1 Å². The van der Waals surface area contributed by atoms with Crippen LogP contribution >= 0.6 is 15.9 Å². The van der Waals surface area contributed by atoms with Crippen molar-refractivity contribution in [1.29, 1.82) is 0 Å². The number of imidazole rings is 1. The number of halogens is 1. The van der Waals surface area contributed by atoms with Crippen LogP contribution in [-0.4, -0.2) is 20.6 Å². The molecule has 0 atom stereocenters. The molecule has 1 aliphatic rings. The van der Waals surface area contributed by atoms with Crippen molar-refractivity contribution in [3.8, 4) is 5.69 Å². The predicted molar refractivity (Wildman–Crippen MR) is 84.6 cm³/mol. The number of nitrogens with zero attached hydrogens (tertiary/aromatic N) is 2. The van der Waals surface area contributed by atoms with Crippen LogP contribution in [0.15, 0.2) is 35.1 Å². The summed E-state index contributed by atoms with van der Waals surface area (Å²) in [6.07, 6.45) is 9.13. The molecule has 5 heteroatoms. The van der Waals surface area contributed by atoms with Gasteiger partial charge in [0.05, 0.1) is 17.7 Å². The predicted octanol–water partition coefficient (Wildman–Crippen LogP) is 3.61. The van der Waals surface area contributed by atoms with Crippen molar-refractivity contribution in [2.75, 3.05) is 0 Å². The van der Waals surface area contributed by atoms with E-state index in [2.05, 4.69) is 25.5 Å². The number of hydrogen-bond donors (Lipinski definition) is 1. The molecule has 1 heterocycles. The van der Waals surface area contributed by atoms with Gasteiger partial charge in [0, 0.05) is 16.2 Å². The van der Waals surface area contributed by atoms with E-state index in [1.165, 1.54) is 24.2 Å². The summed E-state index contributed by atoms with van der Waals surface area (Å²) >= 11 is 3.57. The second-order valence-corrected chi connectivity index (χ2v) is 5.95. The Labute approximate surface area is 131 Å². The van der Waals surface area contributed by atoms with Crippen LogP contribution in [0.3, 0.4) is 0 Å². The van der Waals surface area contributed by atoms with E-state index in [4.69, 9.17) is 5.11 Å². The molecule has 0 bridgehead atoms. The van der Waals surface area contributed by atoms with Crippen LogP contribution in [0.25, 0.3) is 11.8 Å². The molecule has 1 aromatic heterocycles. The van der Waals surface area contributed by atoms with Crippen molar-refractivity contribution >= 4 is 28.0 Å². The SMILES string of the molecule is O=C(O)/C=C/c1ccc(-n2cnc3c2CCCC3)c(Br)c1. The molecule has 0 amide bonds. The van der Waals surface area contributed by atoms with Gasteiger partial charge in [0.15, 0.2) is 0 Å². The van der Waals surface area contributed by atoms with Crippen molar-refractivity contribution in [3.05, 3.63) is 52.0 Å². The normalized spacial score (nSPS) is 14.3. The Morgan fingerprint density at radius 3 is 2.90 bits per heavy atom. The smallest absolute Gasteiger partial charge is 0.328 e. The zero-order valence-corrected chi connectivity index (χ0v) is 13.0. The first-order chi connectivity index (χ1) is 10.1. The fraction of sp³-hybridized carbons (Fsp3) is 0.250. The van der Waals surface area contributed by atoms with E-state index >= 15 is 0 Å². The Bertz CT molecular complexity index is 719. The highest BCUT2D eigenvalue weighted by molar-refractivity contribution is 9.10. The van der Waals surface area contributed by atoms with Gasteiger partial charge in [0.25, 0.3) is 0 Å². The number of aryl methyl sites for hydroxylation is 1. The summed E-state index contributed by atoms with van der Waals surface area (Å²) in [7, 11) is 0. The molecule has 1 aromatic carbocycles. The van der Waals surface area contributed by atoms with Gasteiger partial charge >= 0.3 is 5.97 Å². The van der Waals surface area contributed by atoms with E-state index in [1.807, 2.05) is 24.5 Å². The average molecular weight is 347 g/mol. The van der Waals surface area contributed by atoms with Crippen molar-refractivity contribution in [2.45, 2.75) is 25.7 Å². The highest BCUT2D eigenvalue weighted by atomic mass is 79.9. The van der Waals surface area contributed by atoms with Crippen LogP contribution in [0.2, 0.25) is 0 Å². The lowest BCUT2D eigenvalue weighted by Crippen LogP contribution is -2.07. The van der Waals surface area contributed by atoms with Crippen LogP contribution in [0, 0.1) is 0 Å². The molecule has 0 spiro atoms. The third kappa shape index (κ3) is 2.93. The molecule has 4 nitrogen and oxygen atoms in total. The molecule has 0 saturated carbocycles. The summed E-state index contributed by atoms with van der Waals surface area (Å²) in [6, 6.07) is 5.82. The summed E-state index contributed by atoms with van der Waals surface area (Å²) in [4.78, 5) is 15.1. The zero-order chi connectivity index (χ0) is 14.8. The summed E-state index contributed by atoms with van der Waals surface area (Å²) in [6.45, 7) is 0. The molecule has 2 aromatic rings. The fourth-order valence-electron chi connectivity index (χ4n) is 2.67. The zero-order valence-electron chi connectivity index (χ0n) is 11.4. The second kappa shape index (κ2) is 5.85. The van der Waals surface area contributed by atoms with Gasteiger partial charge in [0.1, 0.15) is 0 Å². The van der Waals surface area contributed by atoms with Crippen molar-refractivity contribution in [3.63, 3.8) is 0 Å². The van der Waals surface area contributed by atoms with Crippen LogP contribution in [0.1, 0.15) is 29.8 Å².